The number of pyridine rings is 1. The summed E-state index contributed by atoms with van der Waals surface area (Å²) in [5.41, 5.74) is 9.49. The molecule has 2 aromatic carbocycles. The van der Waals surface area contributed by atoms with E-state index in [1.807, 2.05) is 18.2 Å². The Morgan fingerprint density at radius 2 is 1.83 bits per heavy atom. The Kier molecular flexibility index (Phi) is 5.28. The largest absolute Gasteiger partial charge is 0.457 e. The summed E-state index contributed by atoms with van der Waals surface area (Å²) < 4.78 is 8.26. The molecule has 0 amide bonds. The SMILES string of the molecule is CCCc1nc2c(N)nc3cc(Oc4ccc(C#N)cc4)ccc3c2n1CC(C)C. The van der Waals surface area contributed by atoms with Gasteiger partial charge < -0.3 is 15.0 Å². The summed E-state index contributed by atoms with van der Waals surface area (Å²) >= 11 is 0. The lowest BCUT2D eigenvalue weighted by Crippen LogP contribution is -2.09. The van der Waals surface area contributed by atoms with E-state index in [4.69, 9.17) is 20.7 Å². The van der Waals surface area contributed by atoms with Crippen molar-refractivity contribution in [3.63, 3.8) is 0 Å². The Bertz CT molecular complexity index is 1250. The highest BCUT2D eigenvalue weighted by Gasteiger charge is 2.18. The highest BCUT2D eigenvalue weighted by molar-refractivity contribution is 6.07. The number of imidazole rings is 1. The van der Waals surface area contributed by atoms with E-state index < -0.39 is 0 Å². The van der Waals surface area contributed by atoms with Gasteiger partial charge in [-0.25, -0.2) is 9.97 Å². The van der Waals surface area contributed by atoms with Crippen LogP contribution in [0, 0.1) is 17.2 Å². The van der Waals surface area contributed by atoms with E-state index in [1.165, 1.54) is 0 Å². The van der Waals surface area contributed by atoms with Crippen molar-refractivity contribution in [1.82, 2.24) is 14.5 Å². The molecule has 4 rings (SSSR count). The van der Waals surface area contributed by atoms with Crippen LogP contribution in [0.4, 0.5) is 5.82 Å². The maximum Gasteiger partial charge on any atom is 0.152 e. The predicted octanol–water partition coefficient (Wildman–Crippen LogP) is 5.44. The fourth-order valence-corrected chi connectivity index (χ4v) is 3.71. The first kappa shape index (κ1) is 19.7. The van der Waals surface area contributed by atoms with Gasteiger partial charge in [0.05, 0.1) is 22.7 Å². The van der Waals surface area contributed by atoms with Crippen LogP contribution in [-0.4, -0.2) is 14.5 Å². The fraction of sp³-hybridized carbons (Fsp3) is 0.292. The molecule has 0 radical (unpaired) electrons. The van der Waals surface area contributed by atoms with E-state index in [0.717, 1.165) is 47.1 Å². The van der Waals surface area contributed by atoms with Gasteiger partial charge in [0, 0.05) is 24.4 Å². The number of anilines is 1. The van der Waals surface area contributed by atoms with Crippen LogP contribution in [0.5, 0.6) is 11.5 Å². The smallest absolute Gasteiger partial charge is 0.152 e. The Morgan fingerprint density at radius 1 is 1.10 bits per heavy atom. The van der Waals surface area contributed by atoms with Crippen LogP contribution in [0.1, 0.15) is 38.6 Å². The van der Waals surface area contributed by atoms with Gasteiger partial charge in [-0.2, -0.15) is 5.26 Å². The van der Waals surface area contributed by atoms with E-state index in [2.05, 4.69) is 36.4 Å². The van der Waals surface area contributed by atoms with Crippen molar-refractivity contribution >= 4 is 27.8 Å². The Balaban J connectivity index is 1.82. The highest BCUT2D eigenvalue weighted by atomic mass is 16.5. The lowest BCUT2D eigenvalue weighted by molar-refractivity contribution is 0.483. The number of hydrogen-bond donors (Lipinski definition) is 1. The number of ether oxygens (including phenoxy) is 1. The van der Waals surface area contributed by atoms with Crippen LogP contribution < -0.4 is 10.5 Å². The standard InChI is InChI=1S/C24H25N5O/c1-4-5-21-28-22-23(29(21)14-15(2)3)19-11-10-18(12-20(19)27-24(22)26)30-17-8-6-16(13-25)7-9-17/h6-12,15H,4-5,14H2,1-3H3,(H2,26,27). The molecular weight excluding hydrogens is 374 g/mol. The molecule has 4 aromatic rings. The molecule has 0 unspecified atom stereocenters. The van der Waals surface area contributed by atoms with Gasteiger partial charge in [0.25, 0.3) is 0 Å². The third kappa shape index (κ3) is 3.67. The van der Waals surface area contributed by atoms with E-state index in [-0.39, 0.29) is 0 Å². The average Bonchev–Trinajstić information content (AvgIpc) is 3.07. The molecule has 0 bridgehead atoms. The lowest BCUT2D eigenvalue weighted by atomic mass is 10.1. The van der Waals surface area contributed by atoms with Crippen LogP contribution in [0.15, 0.2) is 42.5 Å². The zero-order valence-electron chi connectivity index (χ0n) is 17.5. The van der Waals surface area contributed by atoms with Crippen LogP contribution in [0.3, 0.4) is 0 Å². The van der Waals surface area contributed by atoms with Gasteiger partial charge in [-0.05, 0) is 48.7 Å². The third-order valence-corrected chi connectivity index (χ3v) is 4.99. The van der Waals surface area contributed by atoms with Gasteiger partial charge in [-0.3, -0.25) is 0 Å². The normalized spacial score (nSPS) is 11.3. The molecule has 0 saturated heterocycles. The fourth-order valence-electron chi connectivity index (χ4n) is 3.71. The van der Waals surface area contributed by atoms with E-state index in [1.54, 1.807) is 24.3 Å². The lowest BCUT2D eigenvalue weighted by Gasteiger charge is -2.13. The number of nitriles is 1. The molecule has 0 aliphatic carbocycles. The summed E-state index contributed by atoms with van der Waals surface area (Å²) in [7, 11) is 0. The number of fused-ring (bicyclic) bond motifs is 3. The highest BCUT2D eigenvalue weighted by Crippen LogP contribution is 2.33. The molecule has 0 atom stereocenters. The molecule has 152 valence electrons. The minimum absolute atomic E-state index is 0.438. The molecule has 2 aromatic heterocycles. The molecule has 0 saturated carbocycles. The first-order valence-electron chi connectivity index (χ1n) is 10.3. The van der Waals surface area contributed by atoms with Crippen molar-refractivity contribution < 1.29 is 4.74 Å². The average molecular weight is 399 g/mol. The summed E-state index contributed by atoms with van der Waals surface area (Å²) in [6.07, 6.45) is 1.93. The molecule has 6 heteroatoms. The molecule has 6 nitrogen and oxygen atoms in total. The Labute approximate surface area is 175 Å². The predicted molar refractivity (Wildman–Crippen MR) is 120 cm³/mol. The maximum atomic E-state index is 8.94. The van der Waals surface area contributed by atoms with Crippen molar-refractivity contribution in [2.45, 2.75) is 40.2 Å². The number of nitrogen functional groups attached to an aromatic ring is 1. The number of nitrogens with two attached hydrogens (primary N) is 1. The van der Waals surface area contributed by atoms with Crippen molar-refractivity contribution in [2.75, 3.05) is 5.73 Å². The van der Waals surface area contributed by atoms with Crippen molar-refractivity contribution in [2.24, 2.45) is 5.92 Å². The molecule has 0 aliphatic rings. The monoisotopic (exact) mass is 399 g/mol. The molecule has 2 heterocycles. The summed E-state index contributed by atoms with van der Waals surface area (Å²) in [4.78, 5) is 9.44. The van der Waals surface area contributed by atoms with Crippen LogP contribution in [0.25, 0.3) is 21.9 Å². The zero-order valence-corrected chi connectivity index (χ0v) is 17.5. The molecule has 2 N–H and O–H groups in total. The maximum absolute atomic E-state index is 8.94. The van der Waals surface area contributed by atoms with Gasteiger partial charge in [0.15, 0.2) is 5.82 Å². The van der Waals surface area contributed by atoms with Crippen molar-refractivity contribution in [1.29, 1.82) is 5.26 Å². The summed E-state index contributed by atoms with van der Waals surface area (Å²) in [5.74, 6) is 3.31. The summed E-state index contributed by atoms with van der Waals surface area (Å²) in [6, 6.07) is 15.0. The molecule has 30 heavy (non-hydrogen) atoms. The van der Waals surface area contributed by atoms with E-state index in [0.29, 0.717) is 28.8 Å². The second-order valence-corrected chi connectivity index (χ2v) is 7.89. The number of benzene rings is 2. The Hall–Kier alpha value is -3.59. The van der Waals surface area contributed by atoms with Crippen molar-refractivity contribution in [3.8, 4) is 17.6 Å². The van der Waals surface area contributed by atoms with Crippen LogP contribution in [0.2, 0.25) is 0 Å². The molecule has 0 aliphatic heterocycles. The van der Waals surface area contributed by atoms with Crippen LogP contribution in [-0.2, 0) is 13.0 Å². The quantitative estimate of drug-likeness (QED) is 0.466. The van der Waals surface area contributed by atoms with Gasteiger partial charge >= 0.3 is 0 Å². The van der Waals surface area contributed by atoms with Gasteiger partial charge in [0.1, 0.15) is 22.8 Å². The van der Waals surface area contributed by atoms with E-state index in [9.17, 15) is 0 Å². The molecule has 0 fully saturated rings. The minimum atomic E-state index is 0.438. The van der Waals surface area contributed by atoms with E-state index >= 15 is 0 Å². The number of hydrogen-bond acceptors (Lipinski definition) is 5. The zero-order chi connectivity index (χ0) is 21.3. The Morgan fingerprint density at radius 3 is 2.50 bits per heavy atom. The number of rotatable bonds is 6. The first-order chi connectivity index (χ1) is 14.5. The summed E-state index contributed by atoms with van der Waals surface area (Å²) in [5, 5.41) is 9.96. The second-order valence-electron chi connectivity index (χ2n) is 7.89. The summed E-state index contributed by atoms with van der Waals surface area (Å²) in [6.45, 7) is 7.45. The molecular formula is C24H25N5O. The van der Waals surface area contributed by atoms with Gasteiger partial charge in [0.2, 0.25) is 0 Å². The molecule has 0 spiro atoms. The van der Waals surface area contributed by atoms with Gasteiger partial charge in [-0.15, -0.1) is 0 Å². The first-order valence-corrected chi connectivity index (χ1v) is 10.3. The van der Waals surface area contributed by atoms with Crippen molar-refractivity contribution in [3.05, 3.63) is 53.9 Å². The topological polar surface area (TPSA) is 89.8 Å². The number of aryl methyl sites for hydroxylation is 1. The minimum Gasteiger partial charge on any atom is -0.457 e. The van der Waals surface area contributed by atoms with Gasteiger partial charge in [-0.1, -0.05) is 20.8 Å². The number of nitrogens with zero attached hydrogens (tertiary/aromatic N) is 4. The third-order valence-electron chi connectivity index (χ3n) is 4.99. The van der Waals surface area contributed by atoms with Crippen LogP contribution >= 0.6 is 0 Å². The second kappa shape index (κ2) is 8.03. The number of aromatic nitrogens is 3.